The first-order valence-corrected chi connectivity index (χ1v) is 25.2. The van der Waals surface area contributed by atoms with E-state index in [9.17, 15) is 26.9 Å². The second-order valence-electron chi connectivity index (χ2n) is 15.4. The summed E-state index contributed by atoms with van der Waals surface area (Å²) in [6.45, 7) is 7.29. The van der Waals surface area contributed by atoms with E-state index < -0.39 is 20.0 Å². The number of hydrogen-bond donors (Lipinski definition) is 3. The van der Waals surface area contributed by atoms with E-state index in [0.717, 1.165) is 64.2 Å². The summed E-state index contributed by atoms with van der Waals surface area (Å²) in [7, 11) is -7.16. The molecule has 1 amide bonds. The zero-order chi connectivity index (χ0) is 46.1. The average molecular weight is 931 g/mol. The zero-order valence-corrected chi connectivity index (χ0v) is 39.1. The van der Waals surface area contributed by atoms with Crippen LogP contribution in [0.25, 0.3) is 5.82 Å². The Morgan fingerprint density at radius 3 is 1.73 bits per heavy atom. The van der Waals surface area contributed by atoms with Gasteiger partial charge in [-0.2, -0.15) is 15.0 Å². The third-order valence-electron chi connectivity index (χ3n) is 10.1. The molecule has 0 unspecified atom stereocenters. The minimum Gasteiger partial charge on any atom is -0.324 e. The van der Waals surface area contributed by atoms with Crippen LogP contribution in [-0.4, -0.2) is 54.0 Å². The first-order valence-electron chi connectivity index (χ1n) is 21.5. The zero-order valence-electron chi connectivity index (χ0n) is 36.7. The Kier molecular flexibility index (Phi) is 18.2. The van der Waals surface area contributed by atoms with Crippen LogP contribution in [0.15, 0.2) is 89.4 Å². The molecule has 16 nitrogen and oxygen atoms in total. The van der Waals surface area contributed by atoms with Crippen LogP contribution < -0.4 is 19.7 Å². The van der Waals surface area contributed by atoms with E-state index in [0.29, 0.717) is 47.0 Å². The van der Waals surface area contributed by atoms with Crippen molar-refractivity contribution in [2.45, 2.75) is 105 Å². The lowest BCUT2D eigenvalue weighted by atomic mass is 10.1. The summed E-state index contributed by atoms with van der Waals surface area (Å²) < 4.78 is 58.6. The molecule has 0 atom stereocenters. The van der Waals surface area contributed by atoms with Crippen molar-refractivity contribution in [3.8, 4) is 11.9 Å². The quantitative estimate of drug-likeness (QED) is 0.0371. The number of halogens is 1. The monoisotopic (exact) mass is 929 g/mol. The molecule has 0 aliphatic rings. The fourth-order valence-corrected chi connectivity index (χ4v) is 9.32. The molecule has 3 aromatic carbocycles. The second kappa shape index (κ2) is 23.7. The number of carbonyl (C=O) groups is 1. The number of azo groups is 1. The van der Waals surface area contributed by atoms with Crippen LogP contribution in [0.3, 0.4) is 0 Å². The highest BCUT2D eigenvalue weighted by atomic mass is 35.5. The highest BCUT2D eigenvalue weighted by Gasteiger charge is 2.20. The summed E-state index contributed by atoms with van der Waals surface area (Å²) in [4.78, 5) is 22.8. The number of sulfonamides is 2. The van der Waals surface area contributed by atoms with Crippen LogP contribution in [0.4, 0.5) is 45.6 Å². The van der Waals surface area contributed by atoms with Crippen LogP contribution in [-0.2, 0) is 24.8 Å². The minimum atomic E-state index is -3.58. The predicted molar refractivity (Wildman–Crippen MR) is 255 cm³/mol. The van der Waals surface area contributed by atoms with Gasteiger partial charge in [-0.05, 0) is 86.5 Å². The van der Waals surface area contributed by atoms with Gasteiger partial charge in [0.25, 0.3) is 0 Å². The van der Waals surface area contributed by atoms with Gasteiger partial charge in [0.15, 0.2) is 11.6 Å². The van der Waals surface area contributed by atoms with Gasteiger partial charge in [-0.15, -0.1) is 10.2 Å². The lowest BCUT2D eigenvalue weighted by molar-refractivity contribution is -0.114. The molecular formula is C45H56ClN11O5S2. The highest BCUT2D eigenvalue weighted by Crippen LogP contribution is 2.40. The molecule has 19 heteroatoms. The molecule has 0 saturated heterocycles. The van der Waals surface area contributed by atoms with Crippen molar-refractivity contribution in [3.05, 3.63) is 95.5 Å². The van der Waals surface area contributed by atoms with Gasteiger partial charge in [-0.3, -0.25) is 14.2 Å². The van der Waals surface area contributed by atoms with Gasteiger partial charge >= 0.3 is 0 Å². The summed E-state index contributed by atoms with van der Waals surface area (Å²) in [5.74, 6) is -0.00424. The predicted octanol–water partition coefficient (Wildman–Crippen LogP) is 11.5. The molecule has 0 fully saturated rings. The van der Waals surface area contributed by atoms with E-state index in [1.165, 1.54) is 24.0 Å². The van der Waals surface area contributed by atoms with Crippen molar-refractivity contribution in [2.75, 3.05) is 31.2 Å². The maximum atomic E-state index is 13.0. The summed E-state index contributed by atoms with van der Waals surface area (Å²) in [6, 6.07) is 21.0. The third-order valence-corrected chi connectivity index (χ3v) is 13.0. The van der Waals surface area contributed by atoms with E-state index in [2.05, 4.69) is 60.0 Å². The number of amides is 1. The number of nitrogens with zero attached hydrogens (tertiary/aromatic N) is 8. The third kappa shape index (κ3) is 14.6. The molecule has 0 aliphatic carbocycles. The molecule has 64 heavy (non-hydrogen) atoms. The molecule has 0 saturated carbocycles. The summed E-state index contributed by atoms with van der Waals surface area (Å²) in [5.41, 5.74) is 3.68. The number of aryl methyl sites for hydroxylation is 1. The van der Waals surface area contributed by atoms with Crippen molar-refractivity contribution < 1.29 is 21.6 Å². The van der Waals surface area contributed by atoms with Crippen molar-refractivity contribution in [3.63, 3.8) is 0 Å². The van der Waals surface area contributed by atoms with E-state index in [-0.39, 0.29) is 51.1 Å². The topological polar surface area (TPSA) is 217 Å². The Morgan fingerprint density at radius 2 is 1.25 bits per heavy atom. The first-order chi connectivity index (χ1) is 30.7. The molecule has 2 heterocycles. The van der Waals surface area contributed by atoms with Gasteiger partial charge in [0, 0.05) is 35.4 Å². The molecule has 0 spiro atoms. The normalized spacial score (nSPS) is 11.7. The number of unbranched alkanes of at least 4 members (excludes halogenated alkanes) is 10. The van der Waals surface area contributed by atoms with E-state index in [4.69, 9.17) is 11.6 Å². The average Bonchev–Trinajstić information content (AvgIpc) is 3.58. The van der Waals surface area contributed by atoms with Crippen LogP contribution >= 0.6 is 11.6 Å². The van der Waals surface area contributed by atoms with Gasteiger partial charge in [0.05, 0.1) is 35.3 Å². The van der Waals surface area contributed by atoms with Crippen LogP contribution in [0, 0.1) is 18.3 Å². The number of benzene rings is 3. The van der Waals surface area contributed by atoms with Gasteiger partial charge in [0.1, 0.15) is 22.5 Å². The molecule has 5 rings (SSSR count). The summed E-state index contributed by atoms with van der Waals surface area (Å²) in [6.07, 6.45) is 14.3. The largest absolute Gasteiger partial charge is 0.324 e. The number of hydrogen-bond acceptors (Lipinski definition) is 12. The lowest BCUT2D eigenvalue weighted by Crippen LogP contribution is -2.17. The van der Waals surface area contributed by atoms with E-state index in [1.54, 1.807) is 73.7 Å². The molecule has 3 N–H and O–H groups in total. The number of nitriles is 1. The Morgan fingerprint density at radius 1 is 0.734 bits per heavy atom. The Hall–Kier alpha value is -5.90. The van der Waals surface area contributed by atoms with Crippen molar-refractivity contribution in [2.24, 2.45) is 10.2 Å². The smallest absolute Gasteiger partial charge is 0.232 e. The van der Waals surface area contributed by atoms with Crippen LogP contribution in [0.5, 0.6) is 0 Å². The fraction of sp³-hybridized carbons (Fsp3) is 0.400. The fourth-order valence-electron chi connectivity index (χ4n) is 6.86. The maximum Gasteiger partial charge on any atom is 0.232 e. The summed E-state index contributed by atoms with van der Waals surface area (Å²) in [5, 5.41) is 26.2. The van der Waals surface area contributed by atoms with Gasteiger partial charge in [-0.25, -0.2) is 26.8 Å². The SMILES string of the molecule is CCCCCCCCS(=O)(=O)Nc1ccc(N(c2ccc(NS(=O)(=O)CCCCCCCC)cc2)c2ccc(N=Nc3c(C#N)c(C)nn3-c3cnc(Cl)cn3)c(NC(C)=O)c2)cc1. The number of nitrogens with one attached hydrogen (secondary N) is 3. The van der Waals surface area contributed by atoms with Gasteiger partial charge < -0.3 is 10.2 Å². The molecule has 0 bridgehead atoms. The second-order valence-corrected chi connectivity index (χ2v) is 19.5. The molecule has 0 radical (unpaired) electrons. The molecule has 5 aromatic rings. The highest BCUT2D eigenvalue weighted by molar-refractivity contribution is 7.92. The van der Waals surface area contributed by atoms with Crippen LogP contribution in [0.2, 0.25) is 5.15 Å². The van der Waals surface area contributed by atoms with Crippen molar-refractivity contribution in [1.82, 2.24) is 19.7 Å². The van der Waals surface area contributed by atoms with Crippen molar-refractivity contribution >= 4 is 83.2 Å². The van der Waals surface area contributed by atoms with Crippen molar-refractivity contribution in [1.29, 1.82) is 5.26 Å². The lowest BCUT2D eigenvalue weighted by Gasteiger charge is -2.26. The number of aromatic nitrogens is 4. The van der Waals surface area contributed by atoms with Gasteiger partial charge in [0.2, 0.25) is 26.0 Å². The standard InChI is InChI=1S/C45H56ClN11O5S2/c1-5-7-9-11-13-15-27-63(59,60)54-35-17-21-37(22-18-35)56(38-23-19-36(20-24-38)55-64(61,62)28-16-14-12-10-8-6-2)39-25-26-41(42(29-39)50-34(4)58)51-52-45-40(30-47)33(3)53-57(45)44-32-48-43(46)31-49-44/h17-26,29,31-32,54-55H,5-16,27-28H2,1-4H3,(H,50,58). The molecule has 0 aliphatic heterocycles. The number of rotatable bonds is 25. The van der Waals surface area contributed by atoms with Crippen LogP contribution in [0.1, 0.15) is 109 Å². The van der Waals surface area contributed by atoms with E-state index in [1.807, 2.05) is 4.90 Å². The first kappa shape index (κ1) is 49.1. The molecular weight excluding hydrogens is 874 g/mol. The van der Waals surface area contributed by atoms with Gasteiger partial charge in [-0.1, -0.05) is 89.7 Å². The molecule has 2 aromatic heterocycles. The number of anilines is 6. The number of carbonyl (C=O) groups excluding carboxylic acids is 1. The summed E-state index contributed by atoms with van der Waals surface area (Å²) >= 11 is 5.95. The maximum absolute atomic E-state index is 13.0. The Labute approximate surface area is 381 Å². The Balaban J connectivity index is 1.47. The van der Waals surface area contributed by atoms with E-state index >= 15 is 0 Å². The Bertz CT molecular complexity index is 2520. The molecule has 340 valence electrons. The minimum absolute atomic E-state index is 0.0205.